The third-order valence-corrected chi connectivity index (χ3v) is 7.50. The number of hydrogen-bond donors (Lipinski definition) is 0. The molecule has 2 aromatic heterocycles. The van der Waals surface area contributed by atoms with Gasteiger partial charge in [0.2, 0.25) is 5.69 Å². The van der Waals surface area contributed by atoms with Crippen molar-refractivity contribution in [3.05, 3.63) is 98.2 Å². The minimum absolute atomic E-state index is 0.00870. The van der Waals surface area contributed by atoms with Crippen molar-refractivity contribution in [1.29, 1.82) is 0 Å². The molecule has 4 nitrogen and oxygen atoms in total. The van der Waals surface area contributed by atoms with Crippen LogP contribution in [0, 0.1) is 0 Å². The van der Waals surface area contributed by atoms with Crippen molar-refractivity contribution >= 4 is 51.5 Å². The van der Waals surface area contributed by atoms with Crippen LogP contribution in [0.25, 0.3) is 11.1 Å². The van der Waals surface area contributed by atoms with Gasteiger partial charge in [0.05, 0.1) is 5.69 Å². The minimum Gasteiger partial charge on any atom is -0.337 e. The third-order valence-electron chi connectivity index (χ3n) is 4.78. The van der Waals surface area contributed by atoms with Crippen LogP contribution in [-0.4, -0.2) is 11.6 Å². The Bertz CT molecular complexity index is 1320. The van der Waals surface area contributed by atoms with Crippen LogP contribution >= 0.6 is 34.7 Å². The lowest BCUT2D eigenvalue weighted by Crippen LogP contribution is -2.37. The van der Waals surface area contributed by atoms with Crippen LogP contribution in [0.15, 0.2) is 77.6 Å². The molecular weight excluding hydrogens is 434 g/mol. The maximum absolute atomic E-state index is 13.3. The van der Waals surface area contributed by atoms with Crippen molar-refractivity contribution in [2.24, 2.45) is 0 Å². The van der Waals surface area contributed by atoms with Crippen molar-refractivity contribution in [3.8, 4) is 0 Å². The molecule has 1 aliphatic rings. The Morgan fingerprint density at radius 1 is 1.20 bits per heavy atom. The van der Waals surface area contributed by atoms with Gasteiger partial charge in [-0.05, 0) is 30.3 Å². The number of hydrogen-bond acceptors (Lipinski definition) is 4. The largest absolute Gasteiger partial charge is 0.337 e. The monoisotopic (exact) mass is 454 g/mol. The standard InChI is InChI=1S/C23H21ClN3OS2/c1-4-11-26-13-7-6-8-17(26)15-20-27(12-5-2)22(28)21(30-20)23-25(3)18-14-16(24)9-10-19(18)29-23/h4-10,13-15H,1-2,11-12H2,3H3/q+1/b23-21-. The minimum atomic E-state index is -0.00870. The zero-order chi connectivity index (χ0) is 21.3. The van der Waals surface area contributed by atoms with Crippen LogP contribution in [0.1, 0.15) is 5.69 Å². The van der Waals surface area contributed by atoms with Gasteiger partial charge in [0.15, 0.2) is 12.7 Å². The van der Waals surface area contributed by atoms with Gasteiger partial charge in [-0.2, -0.15) is 4.57 Å². The van der Waals surface area contributed by atoms with Crippen LogP contribution in [0.5, 0.6) is 0 Å². The molecule has 152 valence electrons. The second-order valence-corrected chi connectivity index (χ2v) is 9.26. The summed E-state index contributed by atoms with van der Waals surface area (Å²) in [5, 5.41) is 1.61. The number of fused-ring (bicyclic) bond motifs is 1. The molecule has 0 fully saturated rings. The second kappa shape index (κ2) is 8.68. The van der Waals surface area contributed by atoms with E-state index in [-0.39, 0.29) is 5.56 Å². The average molecular weight is 455 g/mol. The van der Waals surface area contributed by atoms with Gasteiger partial charge < -0.3 is 4.90 Å². The number of thioether (sulfide) groups is 1. The Morgan fingerprint density at radius 2 is 2.03 bits per heavy atom. The van der Waals surface area contributed by atoms with Crippen LogP contribution in [0.2, 0.25) is 5.02 Å². The molecule has 3 heterocycles. The molecule has 1 aliphatic heterocycles. The first-order chi connectivity index (χ1) is 14.5. The van der Waals surface area contributed by atoms with Crippen molar-refractivity contribution in [2.75, 3.05) is 11.9 Å². The van der Waals surface area contributed by atoms with Gasteiger partial charge in [-0.1, -0.05) is 36.0 Å². The summed E-state index contributed by atoms with van der Waals surface area (Å²) >= 11 is 9.28. The molecule has 0 amide bonds. The molecule has 7 heteroatoms. The number of thiazole rings is 1. The summed E-state index contributed by atoms with van der Waals surface area (Å²) in [5.41, 5.74) is 2.02. The Morgan fingerprint density at radius 3 is 2.80 bits per heavy atom. The number of aromatic nitrogens is 2. The van der Waals surface area contributed by atoms with Crippen LogP contribution in [0.4, 0.5) is 5.69 Å². The lowest BCUT2D eigenvalue weighted by Gasteiger charge is -2.12. The van der Waals surface area contributed by atoms with Crippen LogP contribution < -0.4 is 24.2 Å². The Kier molecular flexibility index (Phi) is 5.99. The van der Waals surface area contributed by atoms with Gasteiger partial charge >= 0.3 is 0 Å². The number of allylic oxidation sites excluding steroid dienone is 2. The normalized spacial score (nSPS) is 15.4. The fraction of sp³-hybridized carbons (Fsp3) is 0.130. The highest BCUT2D eigenvalue weighted by atomic mass is 35.5. The van der Waals surface area contributed by atoms with Crippen LogP contribution in [0.3, 0.4) is 0 Å². The molecule has 1 aromatic carbocycles. The van der Waals surface area contributed by atoms with Crippen molar-refractivity contribution in [2.45, 2.75) is 18.0 Å². The summed E-state index contributed by atoms with van der Waals surface area (Å²) in [6.07, 6.45) is 7.67. The molecule has 0 N–H and O–H groups in total. The summed E-state index contributed by atoms with van der Waals surface area (Å²) in [7, 11) is 1.97. The number of rotatable bonds is 5. The van der Waals surface area contributed by atoms with E-state index in [2.05, 4.69) is 17.7 Å². The number of halogens is 1. The molecular formula is C23H21ClN3OS2+. The van der Waals surface area contributed by atoms with E-state index < -0.39 is 0 Å². The highest BCUT2D eigenvalue weighted by Crippen LogP contribution is 2.46. The molecule has 0 saturated carbocycles. The quantitative estimate of drug-likeness (QED) is 0.437. The highest BCUT2D eigenvalue weighted by Gasteiger charge is 2.25. The molecule has 0 aliphatic carbocycles. The first-order valence-electron chi connectivity index (χ1n) is 9.40. The SMILES string of the molecule is C=CCn1c(=O)/c(=C2/Sc3ccc(Cl)cc3N2C)s/c1=C/c1cccc[n+]1CC=C. The second-order valence-electron chi connectivity index (χ2n) is 6.76. The lowest BCUT2D eigenvalue weighted by molar-refractivity contribution is -0.688. The summed E-state index contributed by atoms with van der Waals surface area (Å²) in [6, 6.07) is 11.8. The van der Waals surface area contributed by atoms with Crippen LogP contribution in [-0.2, 0) is 13.1 Å². The summed E-state index contributed by atoms with van der Waals surface area (Å²) in [6.45, 7) is 8.82. The zero-order valence-electron chi connectivity index (χ0n) is 16.5. The smallest absolute Gasteiger partial charge is 0.272 e. The van der Waals surface area contributed by atoms with E-state index in [4.69, 9.17) is 11.6 Å². The zero-order valence-corrected chi connectivity index (χ0v) is 18.9. The highest BCUT2D eigenvalue weighted by molar-refractivity contribution is 8.08. The van der Waals surface area contributed by atoms with Gasteiger partial charge in [-0.3, -0.25) is 9.36 Å². The molecule has 0 unspecified atom stereocenters. The predicted molar refractivity (Wildman–Crippen MR) is 128 cm³/mol. The van der Waals surface area contributed by atoms with Crippen molar-refractivity contribution in [3.63, 3.8) is 0 Å². The lowest BCUT2D eigenvalue weighted by atomic mass is 10.3. The molecule has 0 bridgehead atoms. The van der Waals surface area contributed by atoms with E-state index in [9.17, 15) is 4.79 Å². The van der Waals surface area contributed by atoms with Gasteiger partial charge in [0, 0.05) is 41.7 Å². The fourth-order valence-electron chi connectivity index (χ4n) is 3.34. The predicted octanol–water partition coefficient (Wildman–Crippen LogP) is 3.36. The molecule has 4 rings (SSSR count). The van der Waals surface area contributed by atoms with Gasteiger partial charge in [0.1, 0.15) is 14.2 Å². The molecule has 3 aromatic rings. The maximum Gasteiger partial charge on any atom is 0.272 e. The molecule has 0 saturated heterocycles. The van der Waals surface area contributed by atoms with Gasteiger partial charge in [-0.25, -0.2) is 0 Å². The fourth-order valence-corrected chi connectivity index (χ4v) is 5.90. The van der Waals surface area contributed by atoms with E-state index in [1.54, 1.807) is 22.4 Å². The summed E-state index contributed by atoms with van der Waals surface area (Å²) in [4.78, 5) is 16.5. The number of benzene rings is 1. The number of anilines is 1. The van der Waals surface area contributed by atoms with E-state index in [0.29, 0.717) is 22.6 Å². The Balaban J connectivity index is 1.94. The summed E-state index contributed by atoms with van der Waals surface area (Å²) in [5.74, 6) is 0. The van der Waals surface area contributed by atoms with E-state index in [1.165, 1.54) is 11.3 Å². The summed E-state index contributed by atoms with van der Waals surface area (Å²) < 4.78 is 5.47. The van der Waals surface area contributed by atoms with Crippen molar-refractivity contribution < 1.29 is 4.57 Å². The maximum atomic E-state index is 13.3. The van der Waals surface area contributed by atoms with Gasteiger partial charge in [0.25, 0.3) is 5.56 Å². The molecule has 0 radical (unpaired) electrons. The molecule has 0 atom stereocenters. The number of nitrogens with zero attached hydrogens (tertiary/aromatic N) is 3. The van der Waals surface area contributed by atoms with E-state index >= 15 is 0 Å². The first kappa shape index (κ1) is 20.7. The van der Waals surface area contributed by atoms with E-state index in [1.807, 2.05) is 66.7 Å². The van der Waals surface area contributed by atoms with Crippen molar-refractivity contribution in [1.82, 2.24) is 4.57 Å². The molecule has 0 spiro atoms. The Hall–Kier alpha value is -2.54. The third kappa shape index (κ3) is 3.78. The number of pyridine rings is 1. The topological polar surface area (TPSA) is 29.1 Å². The molecule has 30 heavy (non-hydrogen) atoms. The van der Waals surface area contributed by atoms with E-state index in [0.717, 1.165) is 26.0 Å². The first-order valence-corrected chi connectivity index (χ1v) is 11.4. The average Bonchev–Trinajstić information content (AvgIpc) is 3.21. The van der Waals surface area contributed by atoms with Gasteiger partial charge in [-0.15, -0.1) is 17.9 Å². The Labute approximate surface area is 188 Å².